The first-order valence-electron chi connectivity index (χ1n) is 7.72. The van der Waals surface area contributed by atoms with E-state index in [-0.39, 0.29) is 17.9 Å². The highest BCUT2D eigenvalue weighted by molar-refractivity contribution is 7.99. The van der Waals surface area contributed by atoms with E-state index in [9.17, 15) is 9.59 Å². The highest BCUT2D eigenvalue weighted by Crippen LogP contribution is 2.22. The van der Waals surface area contributed by atoms with Crippen LogP contribution in [0.5, 0.6) is 0 Å². The summed E-state index contributed by atoms with van der Waals surface area (Å²) in [5.41, 5.74) is 0.819. The van der Waals surface area contributed by atoms with E-state index in [1.54, 1.807) is 16.2 Å². The summed E-state index contributed by atoms with van der Waals surface area (Å²) in [5, 5.41) is 2.91. The van der Waals surface area contributed by atoms with Crippen molar-refractivity contribution in [2.75, 3.05) is 31.1 Å². The Labute approximate surface area is 139 Å². The fourth-order valence-corrected chi connectivity index (χ4v) is 4.58. The van der Waals surface area contributed by atoms with Gasteiger partial charge in [0.05, 0.1) is 17.1 Å². The lowest BCUT2D eigenvalue weighted by Gasteiger charge is -2.32. The summed E-state index contributed by atoms with van der Waals surface area (Å²) >= 11 is 3.45. The zero-order valence-corrected chi connectivity index (χ0v) is 14.4. The van der Waals surface area contributed by atoms with E-state index in [1.165, 1.54) is 0 Å². The van der Waals surface area contributed by atoms with Crippen LogP contribution in [-0.4, -0.2) is 63.8 Å². The van der Waals surface area contributed by atoms with Crippen LogP contribution in [0.1, 0.15) is 23.5 Å². The van der Waals surface area contributed by atoms with E-state index in [0.29, 0.717) is 13.0 Å². The average molecular weight is 339 g/mol. The molecular weight excluding hydrogens is 318 g/mol. The molecule has 3 rings (SSSR count). The second kappa shape index (κ2) is 7.00. The SMILES string of the molecule is Cc1nc(CC(=O)N2CCCC2C(=O)N2CCSCC2)cs1. The van der Waals surface area contributed by atoms with E-state index in [0.717, 1.165) is 48.1 Å². The molecule has 2 fully saturated rings. The number of amides is 2. The van der Waals surface area contributed by atoms with Crippen LogP contribution in [-0.2, 0) is 16.0 Å². The fourth-order valence-electron chi connectivity index (χ4n) is 3.06. The summed E-state index contributed by atoms with van der Waals surface area (Å²) in [4.78, 5) is 33.3. The molecular formula is C15H21N3O2S2. The van der Waals surface area contributed by atoms with E-state index >= 15 is 0 Å². The first kappa shape index (κ1) is 15.8. The molecule has 2 saturated heterocycles. The fraction of sp³-hybridized carbons (Fsp3) is 0.667. The second-order valence-corrected chi connectivity index (χ2v) is 8.00. The van der Waals surface area contributed by atoms with Gasteiger partial charge in [0, 0.05) is 36.5 Å². The summed E-state index contributed by atoms with van der Waals surface area (Å²) in [5.74, 6) is 2.18. The van der Waals surface area contributed by atoms with Gasteiger partial charge in [-0.05, 0) is 19.8 Å². The molecule has 1 aromatic heterocycles. The van der Waals surface area contributed by atoms with Crippen molar-refractivity contribution in [2.45, 2.75) is 32.2 Å². The number of carbonyl (C=O) groups is 2. The van der Waals surface area contributed by atoms with Gasteiger partial charge in [0.2, 0.25) is 11.8 Å². The monoisotopic (exact) mass is 339 g/mol. The first-order valence-corrected chi connectivity index (χ1v) is 9.75. The lowest BCUT2D eigenvalue weighted by atomic mass is 10.1. The average Bonchev–Trinajstić information content (AvgIpc) is 3.16. The van der Waals surface area contributed by atoms with E-state index in [4.69, 9.17) is 0 Å². The topological polar surface area (TPSA) is 53.5 Å². The molecule has 0 saturated carbocycles. The Morgan fingerprint density at radius 2 is 2.09 bits per heavy atom. The van der Waals surface area contributed by atoms with Crippen LogP contribution in [0.15, 0.2) is 5.38 Å². The number of thioether (sulfide) groups is 1. The summed E-state index contributed by atoms with van der Waals surface area (Å²) in [7, 11) is 0. The maximum Gasteiger partial charge on any atom is 0.245 e. The number of aryl methyl sites for hydroxylation is 1. The van der Waals surface area contributed by atoms with E-state index < -0.39 is 0 Å². The van der Waals surface area contributed by atoms with Gasteiger partial charge < -0.3 is 9.80 Å². The highest BCUT2D eigenvalue weighted by Gasteiger charge is 2.36. The number of thiazole rings is 1. The molecule has 5 nitrogen and oxygen atoms in total. The van der Waals surface area contributed by atoms with Crippen LogP contribution in [0.2, 0.25) is 0 Å². The van der Waals surface area contributed by atoms with Crippen LogP contribution in [0.25, 0.3) is 0 Å². The molecule has 1 unspecified atom stereocenters. The third kappa shape index (κ3) is 3.46. The molecule has 0 aromatic carbocycles. The van der Waals surface area contributed by atoms with Crippen molar-refractivity contribution in [3.8, 4) is 0 Å². The van der Waals surface area contributed by atoms with Gasteiger partial charge >= 0.3 is 0 Å². The Bertz CT molecular complexity index is 555. The van der Waals surface area contributed by atoms with Crippen molar-refractivity contribution in [2.24, 2.45) is 0 Å². The van der Waals surface area contributed by atoms with Crippen LogP contribution in [0.3, 0.4) is 0 Å². The lowest BCUT2D eigenvalue weighted by Crippen LogP contribution is -2.50. The van der Waals surface area contributed by atoms with Crippen molar-refractivity contribution in [1.82, 2.24) is 14.8 Å². The Hall–Kier alpha value is -1.08. The molecule has 3 heterocycles. The molecule has 7 heteroatoms. The predicted octanol–water partition coefficient (Wildman–Crippen LogP) is 1.56. The van der Waals surface area contributed by atoms with Crippen molar-refractivity contribution >= 4 is 34.9 Å². The van der Waals surface area contributed by atoms with Gasteiger partial charge in [0.25, 0.3) is 0 Å². The van der Waals surface area contributed by atoms with Crippen LogP contribution >= 0.6 is 23.1 Å². The number of rotatable bonds is 3. The zero-order chi connectivity index (χ0) is 15.5. The van der Waals surface area contributed by atoms with Gasteiger partial charge in [-0.3, -0.25) is 9.59 Å². The molecule has 0 aliphatic carbocycles. The lowest BCUT2D eigenvalue weighted by molar-refractivity contribution is -0.143. The number of hydrogen-bond donors (Lipinski definition) is 0. The number of carbonyl (C=O) groups excluding carboxylic acids is 2. The molecule has 0 spiro atoms. The summed E-state index contributed by atoms with van der Waals surface area (Å²) in [6.45, 7) is 4.26. The molecule has 22 heavy (non-hydrogen) atoms. The minimum Gasteiger partial charge on any atom is -0.339 e. The molecule has 2 aliphatic rings. The van der Waals surface area contributed by atoms with Gasteiger partial charge in [-0.1, -0.05) is 0 Å². The molecule has 0 bridgehead atoms. The van der Waals surface area contributed by atoms with Crippen molar-refractivity contribution < 1.29 is 9.59 Å². The van der Waals surface area contributed by atoms with Gasteiger partial charge in [-0.25, -0.2) is 4.98 Å². The molecule has 0 N–H and O–H groups in total. The van der Waals surface area contributed by atoms with Crippen LogP contribution in [0, 0.1) is 6.92 Å². The molecule has 120 valence electrons. The Morgan fingerprint density at radius 3 is 2.77 bits per heavy atom. The summed E-state index contributed by atoms with van der Waals surface area (Å²) < 4.78 is 0. The number of hydrogen-bond acceptors (Lipinski definition) is 5. The standard InChI is InChI=1S/C15H21N3O2S2/c1-11-16-12(10-22-11)9-14(19)18-4-2-3-13(18)15(20)17-5-7-21-8-6-17/h10,13H,2-9H2,1H3. The smallest absolute Gasteiger partial charge is 0.245 e. The van der Waals surface area contributed by atoms with Crippen molar-refractivity contribution in [3.05, 3.63) is 16.1 Å². The minimum atomic E-state index is -0.254. The number of nitrogens with zero attached hydrogens (tertiary/aromatic N) is 3. The number of aromatic nitrogens is 1. The Morgan fingerprint density at radius 1 is 1.32 bits per heavy atom. The van der Waals surface area contributed by atoms with Crippen LogP contribution < -0.4 is 0 Å². The van der Waals surface area contributed by atoms with Gasteiger partial charge in [0.15, 0.2) is 0 Å². The van der Waals surface area contributed by atoms with Gasteiger partial charge in [-0.2, -0.15) is 11.8 Å². The number of likely N-dealkylation sites (tertiary alicyclic amines) is 1. The second-order valence-electron chi connectivity index (χ2n) is 5.72. The molecule has 1 aromatic rings. The maximum absolute atomic E-state index is 12.7. The Kier molecular flexibility index (Phi) is 5.03. The molecule has 2 aliphatic heterocycles. The third-order valence-electron chi connectivity index (χ3n) is 4.18. The van der Waals surface area contributed by atoms with Crippen molar-refractivity contribution in [3.63, 3.8) is 0 Å². The largest absolute Gasteiger partial charge is 0.339 e. The maximum atomic E-state index is 12.7. The first-order chi connectivity index (χ1) is 10.6. The minimum absolute atomic E-state index is 0.0348. The van der Waals surface area contributed by atoms with E-state index in [1.807, 2.05) is 29.0 Å². The molecule has 0 radical (unpaired) electrons. The van der Waals surface area contributed by atoms with Crippen LogP contribution in [0.4, 0.5) is 0 Å². The quantitative estimate of drug-likeness (QED) is 0.839. The summed E-state index contributed by atoms with van der Waals surface area (Å²) in [6, 6.07) is -0.254. The predicted molar refractivity (Wildman–Crippen MR) is 89.2 cm³/mol. The highest BCUT2D eigenvalue weighted by atomic mass is 32.2. The van der Waals surface area contributed by atoms with Crippen molar-refractivity contribution in [1.29, 1.82) is 0 Å². The van der Waals surface area contributed by atoms with Gasteiger partial charge in [0.1, 0.15) is 6.04 Å². The Balaban J connectivity index is 1.64. The van der Waals surface area contributed by atoms with E-state index in [2.05, 4.69) is 4.98 Å². The molecule has 2 amide bonds. The zero-order valence-electron chi connectivity index (χ0n) is 12.8. The third-order valence-corrected chi connectivity index (χ3v) is 5.94. The summed E-state index contributed by atoms with van der Waals surface area (Å²) in [6.07, 6.45) is 2.02. The van der Waals surface area contributed by atoms with Gasteiger partial charge in [-0.15, -0.1) is 11.3 Å². The molecule has 1 atom stereocenters. The normalized spacial score (nSPS) is 22.1.